The summed E-state index contributed by atoms with van der Waals surface area (Å²) in [6.07, 6.45) is 0.905. The van der Waals surface area contributed by atoms with Gasteiger partial charge in [0.15, 0.2) is 5.82 Å². The van der Waals surface area contributed by atoms with Gasteiger partial charge in [0.25, 0.3) is 0 Å². The Labute approximate surface area is 108 Å². The third kappa shape index (κ3) is 2.47. The highest BCUT2D eigenvalue weighted by atomic mass is 19.1. The van der Waals surface area contributed by atoms with Crippen LogP contribution in [0.1, 0.15) is 29.6 Å². The Morgan fingerprint density at radius 2 is 2.37 bits per heavy atom. The number of hydrogen-bond acceptors (Lipinski definition) is 4. The van der Waals surface area contributed by atoms with E-state index in [1.807, 2.05) is 0 Å². The topological polar surface area (TPSA) is 76.2 Å². The molecule has 2 atom stereocenters. The molecule has 1 aliphatic rings. The molecule has 1 fully saturated rings. The summed E-state index contributed by atoms with van der Waals surface area (Å²) >= 11 is 0. The van der Waals surface area contributed by atoms with Gasteiger partial charge in [0, 0.05) is 6.42 Å². The fourth-order valence-corrected chi connectivity index (χ4v) is 2.06. The molecule has 2 unspecified atom stereocenters. The molecule has 2 aromatic rings. The summed E-state index contributed by atoms with van der Waals surface area (Å²) in [6, 6.07) is 6.17. The molecule has 5 nitrogen and oxygen atoms in total. The van der Waals surface area contributed by atoms with E-state index in [9.17, 15) is 9.18 Å². The van der Waals surface area contributed by atoms with E-state index < -0.39 is 11.9 Å². The number of benzene rings is 1. The van der Waals surface area contributed by atoms with Crippen LogP contribution in [-0.4, -0.2) is 21.2 Å². The van der Waals surface area contributed by atoms with E-state index in [1.165, 1.54) is 12.1 Å². The van der Waals surface area contributed by atoms with Crippen molar-refractivity contribution in [2.45, 2.75) is 18.8 Å². The second-order valence-electron chi connectivity index (χ2n) is 4.64. The molecule has 1 aromatic heterocycles. The zero-order valence-corrected chi connectivity index (χ0v) is 9.91. The Kier molecular flexibility index (Phi) is 2.77. The molecular weight excluding hydrogens is 251 g/mol. The van der Waals surface area contributed by atoms with Crippen molar-refractivity contribution in [2.75, 3.05) is 0 Å². The lowest BCUT2D eigenvalue weighted by Crippen LogP contribution is -1.99. The van der Waals surface area contributed by atoms with Crippen LogP contribution >= 0.6 is 0 Å². The lowest BCUT2D eigenvalue weighted by atomic mass is 10.1. The smallest absolute Gasteiger partial charge is 0.307 e. The van der Waals surface area contributed by atoms with Gasteiger partial charge in [0.05, 0.1) is 11.8 Å². The van der Waals surface area contributed by atoms with Crippen LogP contribution < -0.4 is 0 Å². The van der Waals surface area contributed by atoms with Gasteiger partial charge in [-0.05, 0) is 24.1 Å². The molecular formula is C13H11FN2O3. The fourth-order valence-electron chi connectivity index (χ4n) is 2.06. The lowest BCUT2D eigenvalue weighted by molar-refractivity contribution is -0.138. The molecule has 19 heavy (non-hydrogen) atoms. The van der Waals surface area contributed by atoms with Crippen LogP contribution in [0.4, 0.5) is 4.39 Å². The standard InChI is InChI=1S/C13H11FN2O3/c14-8-3-1-2-7(4-8)5-11-15-12(19-16-11)9-6-10(9)13(17)18/h1-4,9-10H,5-6H2,(H,17,18). The minimum Gasteiger partial charge on any atom is -0.481 e. The minimum absolute atomic E-state index is 0.175. The number of carboxylic acid groups (broad SMARTS) is 1. The summed E-state index contributed by atoms with van der Waals surface area (Å²) in [5.74, 6) is -0.937. The maximum absolute atomic E-state index is 13.0. The first-order valence-corrected chi connectivity index (χ1v) is 5.93. The fraction of sp³-hybridized carbons (Fsp3) is 0.308. The first kappa shape index (κ1) is 11.8. The van der Waals surface area contributed by atoms with Crippen LogP contribution in [0.2, 0.25) is 0 Å². The van der Waals surface area contributed by atoms with Gasteiger partial charge in [-0.1, -0.05) is 17.3 Å². The van der Waals surface area contributed by atoms with Gasteiger partial charge in [-0.15, -0.1) is 0 Å². The molecule has 0 spiro atoms. The average molecular weight is 262 g/mol. The molecule has 1 N–H and O–H groups in total. The van der Waals surface area contributed by atoms with Gasteiger partial charge in [-0.3, -0.25) is 4.79 Å². The molecule has 98 valence electrons. The SMILES string of the molecule is O=C(O)C1CC1c1nc(Cc2cccc(F)c2)no1. The molecule has 0 bridgehead atoms. The third-order valence-corrected chi connectivity index (χ3v) is 3.16. The van der Waals surface area contributed by atoms with Gasteiger partial charge in [0.1, 0.15) is 5.82 Å². The molecule has 6 heteroatoms. The van der Waals surface area contributed by atoms with Crippen LogP contribution in [0.25, 0.3) is 0 Å². The van der Waals surface area contributed by atoms with E-state index in [-0.39, 0.29) is 11.7 Å². The van der Waals surface area contributed by atoms with Gasteiger partial charge in [-0.2, -0.15) is 4.98 Å². The minimum atomic E-state index is -0.838. The predicted octanol–water partition coefficient (Wildman–Crippen LogP) is 1.99. The number of aliphatic carboxylic acids is 1. The van der Waals surface area contributed by atoms with Gasteiger partial charge in [-0.25, -0.2) is 4.39 Å². The predicted molar refractivity (Wildman–Crippen MR) is 62.0 cm³/mol. The highest BCUT2D eigenvalue weighted by molar-refractivity contribution is 5.74. The highest BCUT2D eigenvalue weighted by Crippen LogP contribution is 2.46. The van der Waals surface area contributed by atoms with Gasteiger partial charge < -0.3 is 9.63 Å². The lowest BCUT2D eigenvalue weighted by Gasteiger charge is -1.95. The maximum atomic E-state index is 13.0. The molecule has 0 amide bonds. The molecule has 1 aliphatic carbocycles. The molecule has 1 saturated carbocycles. The van der Waals surface area contributed by atoms with E-state index in [1.54, 1.807) is 12.1 Å². The van der Waals surface area contributed by atoms with Crippen molar-refractivity contribution in [3.8, 4) is 0 Å². The number of carbonyl (C=O) groups is 1. The molecule has 1 aromatic carbocycles. The Bertz CT molecular complexity index is 626. The maximum Gasteiger partial charge on any atom is 0.307 e. The Balaban J connectivity index is 1.71. The van der Waals surface area contributed by atoms with Crippen molar-refractivity contribution >= 4 is 5.97 Å². The van der Waals surface area contributed by atoms with Gasteiger partial charge >= 0.3 is 5.97 Å². The van der Waals surface area contributed by atoms with Crippen LogP contribution in [-0.2, 0) is 11.2 Å². The number of rotatable bonds is 4. The van der Waals surface area contributed by atoms with E-state index in [0.717, 1.165) is 5.56 Å². The van der Waals surface area contributed by atoms with Crippen molar-refractivity contribution in [3.05, 3.63) is 47.4 Å². The zero-order valence-electron chi connectivity index (χ0n) is 9.91. The quantitative estimate of drug-likeness (QED) is 0.911. The van der Waals surface area contributed by atoms with Gasteiger partial charge in [0.2, 0.25) is 5.89 Å². The normalized spacial score (nSPS) is 21.3. The summed E-state index contributed by atoms with van der Waals surface area (Å²) in [6.45, 7) is 0. The number of nitrogens with zero attached hydrogens (tertiary/aromatic N) is 2. The Hall–Kier alpha value is -2.24. The average Bonchev–Trinajstić information content (AvgIpc) is 3.04. The Morgan fingerprint density at radius 3 is 3.05 bits per heavy atom. The number of aromatic nitrogens is 2. The number of carboxylic acids is 1. The number of hydrogen-bond donors (Lipinski definition) is 1. The largest absolute Gasteiger partial charge is 0.481 e. The third-order valence-electron chi connectivity index (χ3n) is 3.16. The highest BCUT2D eigenvalue weighted by Gasteiger charge is 2.48. The molecule has 3 rings (SSSR count). The van der Waals surface area contributed by atoms with Crippen LogP contribution in [0.15, 0.2) is 28.8 Å². The zero-order chi connectivity index (χ0) is 13.4. The van der Waals surface area contributed by atoms with Crippen molar-refractivity contribution in [3.63, 3.8) is 0 Å². The van der Waals surface area contributed by atoms with Crippen molar-refractivity contribution in [2.24, 2.45) is 5.92 Å². The first-order valence-electron chi connectivity index (χ1n) is 5.93. The Morgan fingerprint density at radius 1 is 1.53 bits per heavy atom. The molecule has 0 saturated heterocycles. The summed E-state index contributed by atoms with van der Waals surface area (Å²) in [7, 11) is 0. The van der Waals surface area contributed by atoms with Crippen LogP contribution in [0, 0.1) is 11.7 Å². The molecule has 0 radical (unpaired) electrons. The van der Waals surface area contributed by atoms with Crippen LogP contribution in [0.5, 0.6) is 0 Å². The summed E-state index contributed by atoms with van der Waals surface area (Å²) in [5, 5.41) is 12.6. The van der Waals surface area contributed by atoms with E-state index in [0.29, 0.717) is 24.6 Å². The second-order valence-corrected chi connectivity index (χ2v) is 4.64. The van der Waals surface area contributed by atoms with Crippen LogP contribution in [0.3, 0.4) is 0 Å². The van der Waals surface area contributed by atoms with E-state index in [4.69, 9.17) is 9.63 Å². The second kappa shape index (κ2) is 4.46. The van der Waals surface area contributed by atoms with E-state index in [2.05, 4.69) is 10.1 Å². The summed E-state index contributed by atoms with van der Waals surface area (Å²) < 4.78 is 18.1. The van der Waals surface area contributed by atoms with Crippen molar-refractivity contribution in [1.29, 1.82) is 0 Å². The summed E-state index contributed by atoms with van der Waals surface area (Å²) in [5.41, 5.74) is 0.748. The van der Waals surface area contributed by atoms with Crippen molar-refractivity contribution in [1.82, 2.24) is 10.1 Å². The monoisotopic (exact) mass is 262 g/mol. The molecule has 0 aliphatic heterocycles. The first-order chi connectivity index (χ1) is 9.13. The van der Waals surface area contributed by atoms with Crippen molar-refractivity contribution < 1.29 is 18.8 Å². The number of halogens is 1. The molecule has 1 heterocycles. The summed E-state index contributed by atoms with van der Waals surface area (Å²) in [4.78, 5) is 14.9. The van der Waals surface area contributed by atoms with E-state index >= 15 is 0 Å².